The van der Waals surface area contributed by atoms with Gasteiger partial charge in [-0.1, -0.05) is 30.3 Å². The first kappa shape index (κ1) is 22.0. The fourth-order valence-electron chi connectivity index (χ4n) is 2.53. The van der Waals surface area contributed by atoms with Gasteiger partial charge in [0, 0.05) is 39.8 Å². The van der Waals surface area contributed by atoms with Crippen LogP contribution in [-0.2, 0) is 20.5 Å². The van der Waals surface area contributed by atoms with Crippen LogP contribution in [0.15, 0.2) is 46.0 Å². The van der Waals surface area contributed by atoms with E-state index < -0.39 is 6.10 Å². The van der Waals surface area contributed by atoms with E-state index in [2.05, 4.69) is 22.8 Å². The molecule has 3 N–H and O–H groups in total. The molecule has 0 saturated carbocycles. The lowest BCUT2D eigenvalue weighted by atomic mass is 10.1. The third-order valence-corrected chi connectivity index (χ3v) is 4.12. The third kappa shape index (κ3) is 6.33. The molecule has 0 fully saturated rings. The number of aliphatic hydroxyl groups excluding tert-OH is 1. The summed E-state index contributed by atoms with van der Waals surface area (Å²) in [6, 6.07) is 11.5. The molecule has 7 nitrogen and oxygen atoms in total. The van der Waals surface area contributed by atoms with Crippen molar-refractivity contribution in [3.63, 3.8) is 0 Å². The van der Waals surface area contributed by atoms with Crippen LogP contribution in [0.25, 0.3) is 0 Å². The van der Waals surface area contributed by atoms with E-state index in [-0.39, 0.29) is 23.7 Å². The Hall–Kier alpha value is -2.09. The predicted octanol–water partition coefficient (Wildman–Crippen LogP) is 0.501. The molecule has 1 aromatic heterocycles. The fraction of sp³-hybridized carbons (Fsp3) is 0.444. The van der Waals surface area contributed by atoms with E-state index in [4.69, 9.17) is 0 Å². The lowest BCUT2D eigenvalue weighted by molar-refractivity contribution is 0.162. The van der Waals surface area contributed by atoms with Crippen LogP contribution >= 0.6 is 12.4 Å². The summed E-state index contributed by atoms with van der Waals surface area (Å²) in [6.07, 6.45) is 1.14. The van der Waals surface area contributed by atoms with E-state index in [1.54, 1.807) is 7.05 Å². The number of aliphatic hydroxyl groups is 1. The normalized spacial score (nSPS) is 11.7. The molecule has 0 aliphatic carbocycles. The second-order valence-corrected chi connectivity index (χ2v) is 6.08. The van der Waals surface area contributed by atoms with Crippen molar-refractivity contribution in [3.05, 3.63) is 62.8 Å². The van der Waals surface area contributed by atoms with E-state index in [0.29, 0.717) is 31.9 Å². The van der Waals surface area contributed by atoms with Gasteiger partial charge in [-0.3, -0.25) is 13.9 Å². The van der Waals surface area contributed by atoms with Gasteiger partial charge in [0.15, 0.2) is 0 Å². The molecule has 8 heteroatoms. The Kier molecular flexibility index (Phi) is 9.12. The van der Waals surface area contributed by atoms with Gasteiger partial charge in [0.2, 0.25) is 0 Å². The molecule has 1 unspecified atom stereocenters. The molecule has 2 aromatic rings. The molecule has 2 rings (SSSR count). The van der Waals surface area contributed by atoms with Crippen LogP contribution < -0.4 is 21.9 Å². The highest BCUT2D eigenvalue weighted by Gasteiger charge is 2.06. The Morgan fingerprint density at radius 2 is 1.77 bits per heavy atom. The van der Waals surface area contributed by atoms with Crippen molar-refractivity contribution in [2.24, 2.45) is 14.1 Å². The van der Waals surface area contributed by atoms with Gasteiger partial charge in [0.1, 0.15) is 5.82 Å². The number of benzene rings is 1. The molecule has 144 valence electrons. The van der Waals surface area contributed by atoms with Crippen LogP contribution in [-0.4, -0.2) is 40.0 Å². The van der Waals surface area contributed by atoms with Gasteiger partial charge < -0.3 is 15.7 Å². The quantitative estimate of drug-likeness (QED) is 0.550. The van der Waals surface area contributed by atoms with Crippen molar-refractivity contribution in [1.29, 1.82) is 0 Å². The molecule has 0 saturated heterocycles. The molecule has 0 amide bonds. The molecule has 0 spiro atoms. The molecule has 26 heavy (non-hydrogen) atoms. The number of aromatic nitrogens is 2. The molecule has 0 radical (unpaired) electrons. The number of aryl methyl sites for hydroxylation is 1. The van der Waals surface area contributed by atoms with E-state index in [1.807, 2.05) is 18.2 Å². The molecule has 0 aliphatic rings. The molecule has 1 heterocycles. The maximum absolute atomic E-state index is 11.8. The summed E-state index contributed by atoms with van der Waals surface area (Å²) in [6.45, 7) is 1.67. The summed E-state index contributed by atoms with van der Waals surface area (Å²) in [7, 11) is 3.07. The molecule has 1 aromatic carbocycles. The molecule has 0 bridgehead atoms. The van der Waals surface area contributed by atoms with Crippen LogP contribution in [0.1, 0.15) is 12.0 Å². The predicted molar refractivity (Wildman–Crippen MR) is 106 cm³/mol. The van der Waals surface area contributed by atoms with Gasteiger partial charge in [-0.2, -0.15) is 0 Å². The van der Waals surface area contributed by atoms with Crippen LogP contribution in [0.5, 0.6) is 0 Å². The highest BCUT2D eigenvalue weighted by atomic mass is 35.5. The van der Waals surface area contributed by atoms with Crippen molar-refractivity contribution < 1.29 is 5.11 Å². The van der Waals surface area contributed by atoms with Gasteiger partial charge in [0.25, 0.3) is 5.56 Å². The molecule has 1 atom stereocenters. The van der Waals surface area contributed by atoms with Crippen LogP contribution in [0.2, 0.25) is 0 Å². The lowest BCUT2D eigenvalue weighted by Crippen LogP contribution is -2.38. The second-order valence-electron chi connectivity index (χ2n) is 6.08. The number of halogens is 1. The first-order valence-corrected chi connectivity index (χ1v) is 8.42. The van der Waals surface area contributed by atoms with Gasteiger partial charge in [-0.15, -0.1) is 12.4 Å². The monoisotopic (exact) mass is 382 g/mol. The molecular weight excluding hydrogens is 356 g/mol. The van der Waals surface area contributed by atoms with E-state index in [1.165, 1.54) is 23.2 Å². The van der Waals surface area contributed by atoms with Crippen molar-refractivity contribution >= 4 is 18.2 Å². The standard InChI is InChI=1S/C18H26N4O3.ClH/c1-21-16(12-17(24)22(2)18(21)25)20-11-10-19-13-15(23)9-8-14-6-4-3-5-7-14;/h3-7,12,15,19-20,23H,8-11,13H2,1-2H3;1H. The maximum Gasteiger partial charge on any atom is 0.332 e. The van der Waals surface area contributed by atoms with Crippen LogP contribution in [0.4, 0.5) is 5.82 Å². The van der Waals surface area contributed by atoms with Crippen molar-refractivity contribution in [2.45, 2.75) is 18.9 Å². The topological polar surface area (TPSA) is 88.3 Å². The number of nitrogens with zero attached hydrogens (tertiary/aromatic N) is 2. The largest absolute Gasteiger partial charge is 0.392 e. The van der Waals surface area contributed by atoms with Crippen LogP contribution in [0, 0.1) is 0 Å². The van der Waals surface area contributed by atoms with E-state index >= 15 is 0 Å². The summed E-state index contributed by atoms with van der Waals surface area (Å²) < 4.78 is 2.46. The minimum absolute atomic E-state index is 0. The first-order chi connectivity index (χ1) is 12.0. The van der Waals surface area contributed by atoms with E-state index in [9.17, 15) is 14.7 Å². The third-order valence-electron chi connectivity index (χ3n) is 4.12. The first-order valence-electron chi connectivity index (χ1n) is 8.42. The maximum atomic E-state index is 11.8. The minimum atomic E-state index is -0.409. The average Bonchev–Trinajstić information content (AvgIpc) is 2.62. The summed E-state index contributed by atoms with van der Waals surface area (Å²) in [5, 5.41) is 16.2. The summed E-state index contributed by atoms with van der Waals surface area (Å²) >= 11 is 0. The summed E-state index contributed by atoms with van der Waals surface area (Å²) in [4.78, 5) is 23.5. The Morgan fingerprint density at radius 1 is 1.08 bits per heavy atom. The zero-order valence-corrected chi connectivity index (χ0v) is 16.0. The Bertz CT molecular complexity index is 789. The zero-order chi connectivity index (χ0) is 18.2. The number of rotatable bonds is 9. The minimum Gasteiger partial charge on any atom is -0.392 e. The Balaban J connectivity index is 0.00000338. The van der Waals surface area contributed by atoms with Crippen LogP contribution in [0.3, 0.4) is 0 Å². The summed E-state index contributed by atoms with van der Waals surface area (Å²) in [5.41, 5.74) is 0.518. The van der Waals surface area contributed by atoms with Gasteiger partial charge in [0.05, 0.1) is 6.10 Å². The van der Waals surface area contributed by atoms with Crippen molar-refractivity contribution in [1.82, 2.24) is 14.5 Å². The van der Waals surface area contributed by atoms with Crippen molar-refractivity contribution in [2.75, 3.05) is 25.0 Å². The number of nitrogens with one attached hydrogen (secondary N) is 2. The fourth-order valence-corrected chi connectivity index (χ4v) is 2.53. The van der Waals surface area contributed by atoms with Crippen molar-refractivity contribution in [3.8, 4) is 0 Å². The summed E-state index contributed by atoms with van der Waals surface area (Å²) in [5.74, 6) is 0.486. The zero-order valence-electron chi connectivity index (χ0n) is 15.1. The van der Waals surface area contributed by atoms with Gasteiger partial charge in [-0.05, 0) is 18.4 Å². The average molecular weight is 383 g/mol. The lowest BCUT2D eigenvalue weighted by Gasteiger charge is -2.14. The SMILES string of the molecule is Cl.Cn1c(NCCNCC(O)CCc2ccccc2)cc(=O)n(C)c1=O. The Labute approximate surface area is 159 Å². The highest BCUT2D eigenvalue weighted by molar-refractivity contribution is 5.85. The number of hydrogen-bond donors (Lipinski definition) is 3. The smallest absolute Gasteiger partial charge is 0.332 e. The molecular formula is C18H27ClN4O3. The Morgan fingerprint density at radius 3 is 2.46 bits per heavy atom. The van der Waals surface area contributed by atoms with Gasteiger partial charge >= 0.3 is 5.69 Å². The second kappa shape index (κ2) is 10.8. The van der Waals surface area contributed by atoms with E-state index in [0.717, 1.165) is 11.0 Å². The van der Waals surface area contributed by atoms with Gasteiger partial charge in [-0.25, -0.2) is 4.79 Å². The highest BCUT2D eigenvalue weighted by Crippen LogP contribution is 2.04. The molecule has 0 aliphatic heterocycles. The number of anilines is 1. The number of hydrogen-bond acceptors (Lipinski definition) is 5.